The molecule has 0 amide bonds. The fourth-order valence-electron chi connectivity index (χ4n) is 2.05. The van der Waals surface area contributed by atoms with Gasteiger partial charge in [0.15, 0.2) is 0 Å². The fourth-order valence-corrected chi connectivity index (χ4v) is 2.05. The molecule has 0 fully saturated rings. The highest BCUT2D eigenvalue weighted by molar-refractivity contribution is 5.92. The van der Waals surface area contributed by atoms with E-state index in [0.29, 0.717) is 25.0 Å². The molecule has 2 aromatic rings. The fraction of sp³-hybridized carbons (Fsp3) is 0.250. The Morgan fingerprint density at radius 3 is 3.10 bits per heavy atom. The van der Waals surface area contributed by atoms with Crippen LogP contribution in [0.2, 0.25) is 0 Å². The van der Waals surface area contributed by atoms with Gasteiger partial charge in [0.05, 0.1) is 17.7 Å². The molecule has 1 heterocycles. The number of benzene rings is 1. The molecule has 0 aliphatic rings. The van der Waals surface area contributed by atoms with Gasteiger partial charge in [0, 0.05) is 18.0 Å². The number of aromatic amines is 1. The molecule has 0 saturated carbocycles. The first-order chi connectivity index (χ1) is 9.76. The molecule has 102 valence electrons. The Morgan fingerprint density at radius 1 is 1.50 bits per heavy atom. The van der Waals surface area contributed by atoms with Crippen molar-refractivity contribution in [3.8, 4) is 6.07 Å². The number of hydrogen-bond donors (Lipinski definition) is 1. The number of H-pyrrole nitrogens is 1. The molecule has 0 unspecified atom stereocenters. The van der Waals surface area contributed by atoms with Crippen molar-refractivity contribution in [2.45, 2.75) is 19.8 Å². The van der Waals surface area contributed by atoms with Crippen molar-refractivity contribution in [3.05, 3.63) is 41.6 Å². The number of hydrogen-bond acceptors (Lipinski definition) is 3. The molecular weight excluding hydrogens is 252 g/mol. The summed E-state index contributed by atoms with van der Waals surface area (Å²) in [5.41, 5.74) is 2.50. The molecule has 0 atom stereocenters. The maximum absolute atomic E-state index is 11.2. The third-order valence-corrected chi connectivity index (χ3v) is 2.99. The molecular formula is C16H16N2O2. The highest BCUT2D eigenvalue weighted by atomic mass is 16.5. The van der Waals surface area contributed by atoms with E-state index in [4.69, 9.17) is 10.00 Å². The summed E-state index contributed by atoms with van der Waals surface area (Å²) in [5, 5.41) is 10.0. The lowest BCUT2D eigenvalue weighted by Crippen LogP contribution is -2.02. The minimum Gasteiger partial charge on any atom is -0.466 e. The van der Waals surface area contributed by atoms with Crippen molar-refractivity contribution in [2.24, 2.45) is 0 Å². The SMILES string of the molecule is CCOC(=O)CC/C=C/c1c[nH]c2c(C#N)cccc12. The first-order valence-corrected chi connectivity index (χ1v) is 6.58. The standard InChI is InChI=1S/C16H16N2O2/c1-2-20-15(19)9-4-3-6-13-11-18-16-12(10-17)7-5-8-14(13)16/h3,5-8,11,18H,2,4,9H2,1H3/b6-3+. The summed E-state index contributed by atoms with van der Waals surface area (Å²) in [5.74, 6) is -0.178. The molecule has 1 aromatic heterocycles. The van der Waals surface area contributed by atoms with Gasteiger partial charge in [-0.3, -0.25) is 4.79 Å². The first-order valence-electron chi connectivity index (χ1n) is 6.58. The van der Waals surface area contributed by atoms with Crippen molar-refractivity contribution in [2.75, 3.05) is 6.61 Å². The summed E-state index contributed by atoms with van der Waals surface area (Å²) in [4.78, 5) is 14.3. The summed E-state index contributed by atoms with van der Waals surface area (Å²) in [7, 11) is 0. The zero-order valence-corrected chi connectivity index (χ0v) is 11.3. The van der Waals surface area contributed by atoms with Gasteiger partial charge in [-0.15, -0.1) is 0 Å². The van der Waals surface area contributed by atoms with Crippen LogP contribution in [0.15, 0.2) is 30.5 Å². The van der Waals surface area contributed by atoms with E-state index >= 15 is 0 Å². The van der Waals surface area contributed by atoms with Gasteiger partial charge >= 0.3 is 5.97 Å². The van der Waals surface area contributed by atoms with Crippen molar-refractivity contribution >= 4 is 22.9 Å². The number of para-hydroxylation sites is 1. The minimum absolute atomic E-state index is 0.178. The molecule has 1 aromatic carbocycles. The minimum atomic E-state index is -0.178. The highest BCUT2D eigenvalue weighted by Crippen LogP contribution is 2.22. The molecule has 0 aliphatic carbocycles. The van der Waals surface area contributed by atoms with Gasteiger partial charge in [-0.2, -0.15) is 5.26 Å². The summed E-state index contributed by atoms with van der Waals surface area (Å²) >= 11 is 0. The zero-order valence-electron chi connectivity index (χ0n) is 11.3. The van der Waals surface area contributed by atoms with Crippen molar-refractivity contribution in [1.29, 1.82) is 5.26 Å². The van der Waals surface area contributed by atoms with E-state index in [1.165, 1.54) is 0 Å². The predicted octanol–water partition coefficient (Wildman–Crippen LogP) is 3.40. The number of allylic oxidation sites excluding steroid dienone is 1. The van der Waals surface area contributed by atoms with E-state index in [-0.39, 0.29) is 5.97 Å². The summed E-state index contributed by atoms with van der Waals surface area (Å²) in [6.45, 7) is 2.22. The Balaban J connectivity index is 2.07. The third-order valence-electron chi connectivity index (χ3n) is 2.99. The maximum Gasteiger partial charge on any atom is 0.306 e. The number of esters is 1. The zero-order chi connectivity index (χ0) is 14.4. The van der Waals surface area contributed by atoms with Crippen LogP contribution in [-0.2, 0) is 9.53 Å². The Kier molecular flexibility index (Phi) is 4.56. The average molecular weight is 268 g/mol. The Hall–Kier alpha value is -2.54. The molecule has 0 saturated heterocycles. The summed E-state index contributed by atoms with van der Waals surface area (Å²) in [6, 6.07) is 7.78. The molecule has 1 N–H and O–H groups in total. The average Bonchev–Trinajstić information content (AvgIpc) is 2.87. The van der Waals surface area contributed by atoms with Crippen molar-refractivity contribution < 1.29 is 9.53 Å². The molecule has 2 rings (SSSR count). The Bertz CT molecular complexity index is 677. The number of aromatic nitrogens is 1. The van der Waals surface area contributed by atoms with Crippen LogP contribution in [0.3, 0.4) is 0 Å². The molecule has 4 nitrogen and oxygen atoms in total. The number of nitrogens with one attached hydrogen (secondary N) is 1. The smallest absolute Gasteiger partial charge is 0.306 e. The van der Waals surface area contributed by atoms with Crippen LogP contribution < -0.4 is 0 Å². The van der Waals surface area contributed by atoms with E-state index in [1.807, 2.05) is 30.5 Å². The van der Waals surface area contributed by atoms with Gasteiger partial charge in [-0.25, -0.2) is 0 Å². The van der Waals surface area contributed by atoms with E-state index in [2.05, 4.69) is 11.1 Å². The second-order valence-electron chi connectivity index (χ2n) is 4.33. The van der Waals surface area contributed by atoms with Crippen molar-refractivity contribution in [1.82, 2.24) is 4.98 Å². The van der Waals surface area contributed by atoms with Crippen LogP contribution in [0.4, 0.5) is 0 Å². The highest BCUT2D eigenvalue weighted by Gasteiger charge is 2.04. The van der Waals surface area contributed by atoms with Crippen LogP contribution in [-0.4, -0.2) is 17.6 Å². The maximum atomic E-state index is 11.2. The molecule has 4 heteroatoms. The monoisotopic (exact) mass is 268 g/mol. The number of ether oxygens (including phenoxy) is 1. The van der Waals surface area contributed by atoms with Gasteiger partial charge in [0.1, 0.15) is 6.07 Å². The van der Waals surface area contributed by atoms with Gasteiger partial charge < -0.3 is 9.72 Å². The number of nitrogens with zero attached hydrogens (tertiary/aromatic N) is 1. The van der Waals surface area contributed by atoms with E-state index in [0.717, 1.165) is 16.5 Å². The van der Waals surface area contributed by atoms with E-state index < -0.39 is 0 Å². The van der Waals surface area contributed by atoms with Gasteiger partial charge in [0.25, 0.3) is 0 Å². The van der Waals surface area contributed by atoms with E-state index in [9.17, 15) is 4.79 Å². The van der Waals surface area contributed by atoms with Crippen LogP contribution in [0, 0.1) is 11.3 Å². The second-order valence-corrected chi connectivity index (χ2v) is 4.33. The summed E-state index contributed by atoms with van der Waals surface area (Å²) < 4.78 is 4.86. The molecule has 0 radical (unpaired) electrons. The lowest BCUT2D eigenvalue weighted by Gasteiger charge is -1.98. The van der Waals surface area contributed by atoms with Crippen LogP contribution in [0.25, 0.3) is 17.0 Å². The normalized spacial score (nSPS) is 10.8. The van der Waals surface area contributed by atoms with Crippen LogP contribution >= 0.6 is 0 Å². The quantitative estimate of drug-likeness (QED) is 0.845. The lowest BCUT2D eigenvalue weighted by molar-refractivity contribution is -0.142. The molecule has 0 aliphatic heterocycles. The van der Waals surface area contributed by atoms with Crippen LogP contribution in [0.1, 0.15) is 30.9 Å². The first kappa shape index (κ1) is 13.9. The van der Waals surface area contributed by atoms with Crippen LogP contribution in [0.5, 0.6) is 0 Å². The predicted molar refractivity (Wildman–Crippen MR) is 77.9 cm³/mol. The van der Waals surface area contributed by atoms with Crippen molar-refractivity contribution in [3.63, 3.8) is 0 Å². The number of carbonyl (C=O) groups excluding carboxylic acids is 1. The number of carbonyl (C=O) groups is 1. The second kappa shape index (κ2) is 6.58. The number of nitriles is 1. The van der Waals surface area contributed by atoms with Gasteiger partial charge in [-0.1, -0.05) is 24.3 Å². The third kappa shape index (κ3) is 3.07. The molecule has 20 heavy (non-hydrogen) atoms. The summed E-state index contributed by atoms with van der Waals surface area (Å²) in [6.07, 6.45) is 6.80. The topological polar surface area (TPSA) is 65.9 Å². The number of fused-ring (bicyclic) bond motifs is 1. The lowest BCUT2D eigenvalue weighted by atomic mass is 10.1. The molecule has 0 bridgehead atoms. The Labute approximate surface area is 117 Å². The Morgan fingerprint density at radius 2 is 2.35 bits per heavy atom. The van der Waals surface area contributed by atoms with E-state index in [1.54, 1.807) is 13.0 Å². The molecule has 0 spiro atoms. The van der Waals surface area contributed by atoms with Gasteiger partial charge in [0.2, 0.25) is 0 Å². The number of rotatable bonds is 5. The largest absolute Gasteiger partial charge is 0.466 e. The van der Waals surface area contributed by atoms with Gasteiger partial charge in [-0.05, 0) is 25.0 Å².